The Morgan fingerprint density at radius 1 is 1.06 bits per heavy atom. The molecule has 5 rings (SSSR count). The molecular formula is C24H20ClF2N3O. The fourth-order valence-electron chi connectivity index (χ4n) is 5.14. The Hall–Kier alpha value is -2.86. The highest BCUT2D eigenvalue weighted by Crippen LogP contribution is 2.53. The van der Waals surface area contributed by atoms with E-state index in [2.05, 4.69) is 15.3 Å². The van der Waals surface area contributed by atoms with Gasteiger partial charge >= 0.3 is 0 Å². The number of allylic oxidation sites excluding steroid dienone is 1. The molecule has 1 amide bonds. The van der Waals surface area contributed by atoms with Crippen LogP contribution in [0.25, 0.3) is 10.9 Å². The van der Waals surface area contributed by atoms with Gasteiger partial charge in [-0.05, 0) is 91.0 Å². The van der Waals surface area contributed by atoms with Gasteiger partial charge < -0.3 is 5.32 Å². The summed E-state index contributed by atoms with van der Waals surface area (Å²) < 4.78 is 28.6. The van der Waals surface area contributed by atoms with Crippen molar-refractivity contribution in [1.82, 2.24) is 9.97 Å². The number of halogens is 3. The van der Waals surface area contributed by atoms with Crippen molar-refractivity contribution in [3.63, 3.8) is 0 Å². The van der Waals surface area contributed by atoms with E-state index in [1.165, 1.54) is 18.3 Å². The predicted octanol–water partition coefficient (Wildman–Crippen LogP) is 6.19. The molecule has 2 unspecified atom stereocenters. The number of carbonyl (C=O) groups excluding carboxylic acids is 1. The number of nitrogens with zero attached hydrogens (tertiary/aromatic N) is 2. The maximum Gasteiger partial charge on any atom is 0.285 e. The van der Waals surface area contributed by atoms with E-state index in [-0.39, 0.29) is 11.6 Å². The number of fused-ring (bicyclic) bond motifs is 2. The first-order valence-corrected chi connectivity index (χ1v) is 10.7. The molecule has 0 saturated heterocycles. The molecule has 0 bridgehead atoms. The maximum absolute atomic E-state index is 14.8. The largest absolute Gasteiger partial charge is 0.305 e. The van der Waals surface area contributed by atoms with Crippen LogP contribution >= 0.6 is 11.6 Å². The molecule has 0 radical (unpaired) electrons. The highest BCUT2D eigenvalue weighted by molar-refractivity contribution is 6.30. The van der Waals surface area contributed by atoms with Gasteiger partial charge in [-0.25, -0.2) is 13.8 Å². The Labute approximate surface area is 183 Å². The van der Waals surface area contributed by atoms with E-state index in [1.54, 1.807) is 24.4 Å². The summed E-state index contributed by atoms with van der Waals surface area (Å²) in [7, 11) is 0. The van der Waals surface area contributed by atoms with Crippen LogP contribution in [-0.2, 0) is 4.79 Å². The van der Waals surface area contributed by atoms with E-state index in [0.717, 1.165) is 29.3 Å². The van der Waals surface area contributed by atoms with E-state index in [4.69, 9.17) is 11.6 Å². The zero-order chi connectivity index (χ0) is 21.5. The molecule has 2 heterocycles. The second-order valence-corrected chi connectivity index (χ2v) is 8.83. The summed E-state index contributed by atoms with van der Waals surface area (Å²) in [4.78, 5) is 20.6. The molecule has 3 aromatic rings. The topological polar surface area (TPSA) is 54.9 Å². The van der Waals surface area contributed by atoms with Gasteiger partial charge in [0, 0.05) is 17.8 Å². The first kappa shape index (κ1) is 20.1. The van der Waals surface area contributed by atoms with Crippen molar-refractivity contribution < 1.29 is 13.6 Å². The predicted molar refractivity (Wildman–Crippen MR) is 116 cm³/mol. The Bertz CT molecular complexity index is 1180. The zero-order valence-corrected chi connectivity index (χ0v) is 17.4. The summed E-state index contributed by atoms with van der Waals surface area (Å²) in [6.07, 6.45) is 6.12. The van der Waals surface area contributed by atoms with Crippen LogP contribution < -0.4 is 5.32 Å². The summed E-state index contributed by atoms with van der Waals surface area (Å²) in [5, 5.41) is 3.78. The average Bonchev–Trinajstić information content (AvgIpc) is 3.33. The third-order valence-corrected chi connectivity index (χ3v) is 6.74. The molecule has 7 heteroatoms. The number of hydrogen-bond donors (Lipinski definition) is 1. The van der Waals surface area contributed by atoms with Crippen LogP contribution in [0, 0.1) is 17.7 Å². The van der Waals surface area contributed by atoms with Gasteiger partial charge in [0.15, 0.2) is 5.83 Å². The number of rotatable bonds is 3. The number of hydrogen-bond acceptors (Lipinski definition) is 3. The number of anilines is 1. The minimum Gasteiger partial charge on any atom is -0.305 e. The van der Waals surface area contributed by atoms with Crippen LogP contribution in [0.1, 0.15) is 37.2 Å². The van der Waals surface area contributed by atoms with Crippen LogP contribution in [-0.4, -0.2) is 15.9 Å². The van der Waals surface area contributed by atoms with Gasteiger partial charge in [-0.1, -0.05) is 11.6 Å². The van der Waals surface area contributed by atoms with Gasteiger partial charge in [0.05, 0.1) is 10.5 Å². The van der Waals surface area contributed by atoms with Crippen molar-refractivity contribution in [1.29, 1.82) is 0 Å². The van der Waals surface area contributed by atoms with Crippen molar-refractivity contribution in [2.45, 2.75) is 31.6 Å². The molecule has 1 N–H and O–H groups in total. The number of amides is 1. The van der Waals surface area contributed by atoms with Gasteiger partial charge in [0.2, 0.25) is 0 Å². The fraction of sp³-hybridized carbons (Fsp3) is 0.292. The van der Waals surface area contributed by atoms with E-state index >= 15 is 0 Å². The normalized spacial score (nSPS) is 24.3. The fourth-order valence-corrected chi connectivity index (χ4v) is 5.25. The summed E-state index contributed by atoms with van der Waals surface area (Å²) in [6.45, 7) is 0. The maximum atomic E-state index is 14.8. The van der Waals surface area contributed by atoms with Gasteiger partial charge in [-0.2, -0.15) is 0 Å². The van der Waals surface area contributed by atoms with Crippen LogP contribution in [0.4, 0.5) is 14.6 Å². The first-order chi connectivity index (χ1) is 15.0. The molecular weight excluding hydrogens is 420 g/mol. The average molecular weight is 440 g/mol. The smallest absolute Gasteiger partial charge is 0.285 e. The lowest BCUT2D eigenvalue weighted by molar-refractivity contribution is -0.114. The monoisotopic (exact) mass is 439 g/mol. The highest BCUT2D eigenvalue weighted by atomic mass is 35.5. The number of carbonyl (C=O) groups is 1. The third kappa shape index (κ3) is 3.92. The molecule has 2 fully saturated rings. The van der Waals surface area contributed by atoms with Gasteiger partial charge in [0.25, 0.3) is 5.91 Å². The SMILES string of the molecule is O=C(Nc1ccc(Cl)cn1)C(F)=C1CC2CC(c3ccnc4ccc(F)cc34)C[C@@H]2C1. The van der Waals surface area contributed by atoms with Crippen molar-refractivity contribution in [2.75, 3.05) is 5.32 Å². The van der Waals surface area contributed by atoms with Gasteiger partial charge in [-0.3, -0.25) is 9.78 Å². The standard InChI is InChI=1S/C24H20ClF2N3O/c25-17-1-4-22(29-12-17)30-24(31)23(27)16-9-13-7-15(8-14(13)10-16)19-5-6-28-21-3-2-18(26)11-20(19)21/h1-6,11-15H,7-10H2,(H,29,30,31)/t13-,14?,15?/m1/s1. The van der Waals surface area contributed by atoms with Crippen molar-refractivity contribution in [2.24, 2.45) is 11.8 Å². The minimum atomic E-state index is -0.767. The molecule has 2 aliphatic carbocycles. The number of aromatic nitrogens is 2. The summed E-state index contributed by atoms with van der Waals surface area (Å²) in [6, 6.07) is 9.77. The van der Waals surface area contributed by atoms with Gasteiger partial charge in [-0.15, -0.1) is 0 Å². The number of nitrogens with one attached hydrogen (secondary N) is 1. The Morgan fingerprint density at radius 2 is 1.84 bits per heavy atom. The lowest BCUT2D eigenvalue weighted by atomic mass is 9.91. The second-order valence-electron chi connectivity index (χ2n) is 8.39. The molecule has 0 spiro atoms. The Balaban J connectivity index is 1.30. The molecule has 3 atom stereocenters. The Kier molecular flexibility index (Phi) is 5.18. The van der Waals surface area contributed by atoms with Crippen LogP contribution in [0.15, 0.2) is 60.2 Å². The molecule has 4 nitrogen and oxygen atoms in total. The van der Waals surface area contributed by atoms with E-state index < -0.39 is 11.7 Å². The molecule has 0 aliphatic heterocycles. The summed E-state index contributed by atoms with van der Waals surface area (Å²) in [5.41, 5.74) is 2.47. The molecule has 2 saturated carbocycles. The van der Waals surface area contributed by atoms with E-state index in [9.17, 15) is 13.6 Å². The summed E-state index contributed by atoms with van der Waals surface area (Å²) in [5.74, 6) is -0.545. The molecule has 158 valence electrons. The quantitative estimate of drug-likeness (QED) is 0.495. The van der Waals surface area contributed by atoms with Crippen molar-refractivity contribution in [3.8, 4) is 0 Å². The lowest BCUT2D eigenvalue weighted by Gasteiger charge is -2.15. The summed E-state index contributed by atoms with van der Waals surface area (Å²) >= 11 is 5.78. The van der Waals surface area contributed by atoms with Crippen molar-refractivity contribution >= 4 is 34.2 Å². The minimum absolute atomic E-state index is 0.264. The third-order valence-electron chi connectivity index (χ3n) is 6.51. The van der Waals surface area contributed by atoms with Crippen molar-refractivity contribution in [3.05, 3.63) is 76.6 Å². The first-order valence-electron chi connectivity index (χ1n) is 10.3. The second kappa shape index (κ2) is 8.00. The molecule has 2 aromatic heterocycles. The Morgan fingerprint density at radius 3 is 2.55 bits per heavy atom. The zero-order valence-electron chi connectivity index (χ0n) is 16.6. The van der Waals surface area contributed by atoms with E-state index in [0.29, 0.717) is 41.2 Å². The number of benzene rings is 1. The molecule has 31 heavy (non-hydrogen) atoms. The van der Waals surface area contributed by atoms with Crippen LogP contribution in [0.2, 0.25) is 5.02 Å². The number of pyridine rings is 2. The van der Waals surface area contributed by atoms with Crippen LogP contribution in [0.3, 0.4) is 0 Å². The molecule has 1 aromatic carbocycles. The van der Waals surface area contributed by atoms with E-state index in [1.807, 2.05) is 6.07 Å². The highest BCUT2D eigenvalue weighted by Gasteiger charge is 2.42. The lowest BCUT2D eigenvalue weighted by Crippen LogP contribution is -2.14. The van der Waals surface area contributed by atoms with Gasteiger partial charge in [0.1, 0.15) is 11.6 Å². The van der Waals surface area contributed by atoms with Crippen LogP contribution in [0.5, 0.6) is 0 Å². The molecule has 2 aliphatic rings.